The van der Waals surface area contributed by atoms with Crippen molar-refractivity contribution in [1.29, 1.82) is 0 Å². The van der Waals surface area contributed by atoms with Crippen LogP contribution in [-0.4, -0.2) is 50.0 Å². The number of carbonyl (C=O) groups excluding carboxylic acids is 1. The highest BCUT2D eigenvalue weighted by Gasteiger charge is 2.21. The van der Waals surface area contributed by atoms with Crippen LogP contribution in [0.5, 0.6) is 0 Å². The molecular formula is C15H22N2O2S. The van der Waals surface area contributed by atoms with Crippen LogP contribution < -0.4 is 5.32 Å². The Labute approximate surface area is 124 Å². The van der Waals surface area contributed by atoms with Gasteiger partial charge in [0.05, 0.1) is 6.61 Å². The number of methoxy groups -OCH3 is 1. The summed E-state index contributed by atoms with van der Waals surface area (Å²) in [6.07, 6.45) is 1.01. The maximum atomic E-state index is 12.0. The van der Waals surface area contributed by atoms with Crippen molar-refractivity contribution in [3.8, 4) is 0 Å². The van der Waals surface area contributed by atoms with E-state index in [0.717, 1.165) is 25.3 Å². The SMILES string of the molecule is COCCNC(=O)N1CCS[C@H](c2ccccc2)CC1. The fraction of sp³-hybridized carbons (Fsp3) is 0.533. The normalized spacial score (nSPS) is 19.4. The molecule has 1 atom stereocenters. The molecule has 0 bridgehead atoms. The number of benzene rings is 1. The van der Waals surface area contributed by atoms with Gasteiger partial charge in [-0.3, -0.25) is 0 Å². The van der Waals surface area contributed by atoms with Gasteiger partial charge in [0.1, 0.15) is 0 Å². The smallest absolute Gasteiger partial charge is 0.317 e. The van der Waals surface area contributed by atoms with Gasteiger partial charge >= 0.3 is 6.03 Å². The number of ether oxygens (including phenoxy) is 1. The summed E-state index contributed by atoms with van der Waals surface area (Å²) >= 11 is 1.94. The van der Waals surface area contributed by atoms with E-state index in [-0.39, 0.29) is 6.03 Å². The molecule has 1 heterocycles. The van der Waals surface area contributed by atoms with E-state index in [1.54, 1.807) is 7.11 Å². The predicted octanol–water partition coefficient (Wildman–Crippen LogP) is 2.52. The van der Waals surface area contributed by atoms with Gasteiger partial charge in [-0.1, -0.05) is 30.3 Å². The first-order valence-corrected chi connectivity index (χ1v) is 8.04. The average Bonchev–Trinajstić information content (AvgIpc) is 2.74. The van der Waals surface area contributed by atoms with Crippen molar-refractivity contribution in [3.63, 3.8) is 0 Å². The second-order valence-corrected chi connectivity index (χ2v) is 6.08. The summed E-state index contributed by atoms with van der Waals surface area (Å²) in [6.45, 7) is 2.75. The van der Waals surface area contributed by atoms with E-state index in [1.807, 2.05) is 22.7 Å². The number of rotatable bonds is 4. The maximum absolute atomic E-state index is 12.0. The number of thioether (sulfide) groups is 1. The van der Waals surface area contributed by atoms with Crippen LogP contribution in [0.25, 0.3) is 0 Å². The van der Waals surface area contributed by atoms with Gasteiger partial charge in [-0.25, -0.2) is 4.79 Å². The Morgan fingerprint density at radius 2 is 2.20 bits per heavy atom. The Bertz CT molecular complexity index is 414. The molecule has 0 aromatic heterocycles. The highest BCUT2D eigenvalue weighted by atomic mass is 32.2. The molecule has 2 rings (SSSR count). The predicted molar refractivity (Wildman–Crippen MR) is 83.1 cm³/mol. The van der Waals surface area contributed by atoms with Crippen LogP contribution in [0.1, 0.15) is 17.2 Å². The fourth-order valence-corrected chi connectivity index (χ4v) is 3.51. The number of urea groups is 1. The lowest BCUT2D eigenvalue weighted by molar-refractivity contribution is 0.181. The van der Waals surface area contributed by atoms with Crippen LogP contribution in [0.15, 0.2) is 30.3 Å². The number of nitrogens with zero attached hydrogens (tertiary/aromatic N) is 1. The van der Waals surface area contributed by atoms with Crippen molar-refractivity contribution in [1.82, 2.24) is 10.2 Å². The molecule has 110 valence electrons. The van der Waals surface area contributed by atoms with Crippen LogP contribution in [0.3, 0.4) is 0 Å². The molecule has 1 aromatic carbocycles. The third-order valence-corrected chi connectivity index (χ3v) is 4.71. The molecule has 0 unspecified atom stereocenters. The van der Waals surface area contributed by atoms with E-state index in [1.165, 1.54) is 5.56 Å². The lowest BCUT2D eigenvalue weighted by Crippen LogP contribution is -2.42. The first-order valence-electron chi connectivity index (χ1n) is 6.99. The minimum atomic E-state index is 0.0244. The van der Waals surface area contributed by atoms with Gasteiger partial charge in [0.15, 0.2) is 0 Å². The molecule has 20 heavy (non-hydrogen) atoms. The minimum absolute atomic E-state index is 0.0244. The van der Waals surface area contributed by atoms with Crippen LogP contribution >= 0.6 is 11.8 Å². The first kappa shape index (κ1) is 15.2. The maximum Gasteiger partial charge on any atom is 0.317 e. The first-order chi connectivity index (χ1) is 9.81. The molecule has 1 aliphatic rings. The second kappa shape index (κ2) is 8.17. The molecular weight excluding hydrogens is 272 g/mol. The largest absolute Gasteiger partial charge is 0.383 e. The quantitative estimate of drug-likeness (QED) is 0.868. The Morgan fingerprint density at radius 3 is 2.95 bits per heavy atom. The summed E-state index contributed by atoms with van der Waals surface area (Å²) < 4.78 is 4.94. The summed E-state index contributed by atoms with van der Waals surface area (Å²) in [5.41, 5.74) is 1.36. The molecule has 1 N–H and O–H groups in total. The molecule has 0 spiro atoms. The summed E-state index contributed by atoms with van der Waals surface area (Å²) in [5.74, 6) is 0.983. The van der Waals surface area contributed by atoms with Crippen molar-refractivity contribution < 1.29 is 9.53 Å². The Kier molecular flexibility index (Phi) is 6.21. The van der Waals surface area contributed by atoms with Crippen molar-refractivity contribution in [2.75, 3.05) is 39.1 Å². The van der Waals surface area contributed by atoms with Gasteiger partial charge in [0.25, 0.3) is 0 Å². The van der Waals surface area contributed by atoms with Crippen molar-refractivity contribution in [2.45, 2.75) is 11.7 Å². The van der Waals surface area contributed by atoms with Crippen molar-refractivity contribution in [2.24, 2.45) is 0 Å². The Morgan fingerprint density at radius 1 is 1.40 bits per heavy atom. The summed E-state index contributed by atoms with van der Waals surface area (Å²) in [5, 5.41) is 3.38. The van der Waals surface area contributed by atoms with Gasteiger partial charge in [-0.05, 0) is 12.0 Å². The van der Waals surface area contributed by atoms with E-state index in [4.69, 9.17) is 4.74 Å². The fourth-order valence-electron chi connectivity index (χ4n) is 2.28. The molecule has 0 aliphatic carbocycles. The van der Waals surface area contributed by atoms with E-state index in [2.05, 4.69) is 29.6 Å². The van der Waals surface area contributed by atoms with Gasteiger partial charge in [-0.2, -0.15) is 11.8 Å². The molecule has 0 saturated carbocycles. The van der Waals surface area contributed by atoms with Crippen LogP contribution in [0.2, 0.25) is 0 Å². The Balaban J connectivity index is 1.84. The van der Waals surface area contributed by atoms with E-state index < -0.39 is 0 Å². The molecule has 1 fully saturated rings. The minimum Gasteiger partial charge on any atom is -0.383 e. The Hall–Kier alpha value is -1.20. The van der Waals surface area contributed by atoms with Crippen LogP contribution in [0.4, 0.5) is 4.79 Å². The van der Waals surface area contributed by atoms with Gasteiger partial charge in [0.2, 0.25) is 0 Å². The van der Waals surface area contributed by atoms with E-state index >= 15 is 0 Å². The zero-order valence-corrected chi connectivity index (χ0v) is 12.7. The molecule has 1 aliphatic heterocycles. The highest BCUT2D eigenvalue weighted by Crippen LogP contribution is 2.33. The zero-order chi connectivity index (χ0) is 14.2. The van der Waals surface area contributed by atoms with E-state index in [0.29, 0.717) is 18.4 Å². The third kappa shape index (κ3) is 4.42. The molecule has 2 amide bonds. The number of carbonyl (C=O) groups is 1. The monoisotopic (exact) mass is 294 g/mol. The zero-order valence-electron chi connectivity index (χ0n) is 11.9. The average molecular weight is 294 g/mol. The van der Waals surface area contributed by atoms with Crippen LogP contribution in [-0.2, 0) is 4.74 Å². The topological polar surface area (TPSA) is 41.6 Å². The molecule has 4 nitrogen and oxygen atoms in total. The lowest BCUT2D eigenvalue weighted by Gasteiger charge is -2.20. The van der Waals surface area contributed by atoms with Gasteiger partial charge in [-0.15, -0.1) is 0 Å². The summed E-state index contributed by atoms with van der Waals surface area (Å²) in [7, 11) is 1.64. The molecule has 1 aromatic rings. The van der Waals surface area contributed by atoms with Gasteiger partial charge in [0, 0.05) is 37.7 Å². The van der Waals surface area contributed by atoms with E-state index in [9.17, 15) is 4.79 Å². The summed E-state index contributed by atoms with van der Waals surface area (Å²) in [6, 6.07) is 10.6. The second-order valence-electron chi connectivity index (χ2n) is 4.77. The third-order valence-electron chi connectivity index (χ3n) is 3.38. The van der Waals surface area contributed by atoms with Crippen molar-refractivity contribution in [3.05, 3.63) is 35.9 Å². The number of amides is 2. The number of hydrogen-bond acceptors (Lipinski definition) is 3. The van der Waals surface area contributed by atoms with Gasteiger partial charge < -0.3 is 15.0 Å². The summed E-state index contributed by atoms with van der Waals surface area (Å²) in [4.78, 5) is 13.9. The highest BCUT2D eigenvalue weighted by molar-refractivity contribution is 7.99. The number of nitrogens with one attached hydrogen (secondary N) is 1. The van der Waals surface area contributed by atoms with Crippen molar-refractivity contribution >= 4 is 17.8 Å². The van der Waals surface area contributed by atoms with Crippen LogP contribution in [0, 0.1) is 0 Å². The molecule has 5 heteroatoms. The number of hydrogen-bond donors (Lipinski definition) is 1. The molecule has 1 saturated heterocycles. The molecule has 0 radical (unpaired) electrons. The standard InChI is InChI=1S/C15H22N2O2S/c1-19-11-8-16-15(18)17-9-7-14(20-12-10-17)13-5-3-2-4-6-13/h2-6,14H,7-12H2,1H3,(H,16,18)/t14-/m0/s1. The lowest BCUT2D eigenvalue weighted by atomic mass is 10.1.